The number of methoxy groups -OCH3 is 1. The van der Waals surface area contributed by atoms with Gasteiger partial charge in [-0.05, 0) is 29.2 Å². The molecule has 122 valence electrons. The maximum atomic E-state index is 12.3. The molecule has 10 heteroatoms. The highest BCUT2D eigenvalue weighted by Crippen LogP contribution is 2.40. The first kappa shape index (κ1) is 12.9. The van der Waals surface area contributed by atoms with Crippen LogP contribution in [-0.2, 0) is 10.2 Å². The minimum atomic E-state index is -2.55. The predicted octanol–water partition coefficient (Wildman–Crippen LogP) is 2.88. The molecule has 0 spiro atoms. The van der Waals surface area contributed by atoms with Gasteiger partial charge in [0.25, 0.3) is 0 Å². The summed E-state index contributed by atoms with van der Waals surface area (Å²) in [6.07, 6.45) is 1.62. The van der Waals surface area contributed by atoms with Crippen LogP contribution in [-0.4, -0.2) is 34.5 Å². The van der Waals surface area contributed by atoms with Gasteiger partial charge < -0.3 is 15.4 Å². The highest BCUT2D eigenvalue weighted by molar-refractivity contribution is 9.10. The smallest absolute Gasteiger partial charge is 0.232 e. The van der Waals surface area contributed by atoms with Crippen molar-refractivity contribution in [2.45, 2.75) is 18.7 Å². The number of carbonyl (C=O) groups excluding carboxylic acids is 1. The van der Waals surface area contributed by atoms with Crippen LogP contribution in [0.15, 0.2) is 10.7 Å². The summed E-state index contributed by atoms with van der Waals surface area (Å²) in [7, 11) is 1.47. The zero-order valence-electron chi connectivity index (χ0n) is 14.8. The molecule has 0 saturated carbocycles. The number of anilines is 2. The molecule has 3 heterocycles. The molecule has 0 aromatic carbocycles. The van der Waals surface area contributed by atoms with Crippen molar-refractivity contribution in [3.05, 3.63) is 20.8 Å². The lowest BCUT2D eigenvalue weighted by molar-refractivity contribution is -0.123. The quantitative estimate of drug-likeness (QED) is 0.789. The molecule has 1 aliphatic heterocycles. The number of thiazole rings is 1. The maximum absolute atomic E-state index is 12.3. The summed E-state index contributed by atoms with van der Waals surface area (Å²) in [6, 6.07) is 0. The highest BCUT2D eigenvalue weighted by Gasteiger charge is 2.42. The maximum Gasteiger partial charge on any atom is 0.232 e. The minimum Gasteiger partial charge on any atom is -0.480 e. The van der Waals surface area contributed by atoms with Crippen molar-refractivity contribution in [1.29, 1.82) is 0 Å². The number of hydrogen-bond acceptors (Lipinski definition) is 7. The van der Waals surface area contributed by atoms with Crippen molar-refractivity contribution >= 4 is 55.7 Å². The zero-order valence-corrected chi connectivity index (χ0v) is 15.0. The Morgan fingerprint density at radius 2 is 2.43 bits per heavy atom. The Balaban J connectivity index is 1.98. The van der Waals surface area contributed by atoms with E-state index < -0.39 is 18.2 Å². The summed E-state index contributed by atoms with van der Waals surface area (Å²) in [5.41, 5.74) is -1.71. The van der Waals surface area contributed by atoms with E-state index in [-0.39, 0.29) is 29.1 Å². The molecule has 0 aliphatic carbocycles. The van der Waals surface area contributed by atoms with Gasteiger partial charge in [0.15, 0.2) is 5.15 Å². The molecule has 7 nitrogen and oxygen atoms in total. The van der Waals surface area contributed by atoms with Gasteiger partial charge in [0.05, 0.1) is 23.2 Å². The third-order valence-electron chi connectivity index (χ3n) is 3.25. The number of nitrogens with one attached hydrogen (secondary N) is 2. The van der Waals surface area contributed by atoms with E-state index in [1.165, 1.54) is 13.3 Å². The van der Waals surface area contributed by atoms with Crippen molar-refractivity contribution < 1.29 is 13.6 Å². The number of hydrogen-bond donors (Lipinski definition) is 2. The second-order valence-corrected chi connectivity index (χ2v) is 6.94. The molecule has 2 aromatic heterocycles. The highest BCUT2D eigenvalue weighted by atomic mass is 79.9. The Bertz CT molecular complexity index is 865. The first-order chi connectivity index (χ1) is 12.2. The van der Waals surface area contributed by atoms with E-state index in [1.54, 1.807) is 0 Å². The number of nitrogens with zero attached hydrogens (tertiary/aromatic N) is 3. The van der Waals surface area contributed by atoms with Gasteiger partial charge in [-0.25, -0.2) is 9.97 Å². The molecule has 0 radical (unpaired) electrons. The van der Waals surface area contributed by atoms with E-state index >= 15 is 0 Å². The molecular weight excluding hydrogens is 406 g/mol. The Morgan fingerprint density at radius 1 is 1.61 bits per heavy atom. The topological polar surface area (TPSA) is 89.0 Å². The Hall–Kier alpha value is -1.45. The molecule has 2 N–H and O–H groups in total. The second-order valence-electron chi connectivity index (χ2n) is 4.73. The minimum absolute atomic E-state index is 0.0406. The molecule has 2 aromatic rings. The van der Waals surface area contributed by atoms with Crippen molar-refractivity contribution in [2.75, 3.05) is 19.0 Å². The van der Waals surface area contributed by atoms with Gasteiger partial charge in [-0.15, -0.1) is 0 Å². The van der Waals surface area contributed by atoms with E-state index in [0.29, 0.717) is 15.4 Å². The fraction of sp³-hybridized carbons (Fsp3) is 0.385. The van der Waals surface area contributed by atoms with Gasteiger partial charge in [0.1, 0.15) is 10.0 Å². The van der Waals surface area contributed by atoms with Gasteiger partial charge >= 0.3 is 0 Å². The van der Waals surface area contributed by atoms with Gasteiger partial charge in [0, 0.05) is 10.7 Å². The standard InChI is InChI=1S/C13H13BrClN5O2S/c1-13(3-4-16-10(13)21)11-18-7(15)9(23-11)20-12-17-5-6(14)8(19-12)22-2/h5H,3-4H2,1-2H3,(H,16,21)(H,17,19,20)/i1D3. The van der Waals surface area contributed by atoms with Crippen LogP contribution in [0.5, 0.6) is 5.88 Å². The van der Waals surface area contributed by atoms with Crippen LogP contribution >= 0.6 is 38.9 Å². The van der Waals surface area contributed by atoms with Crippen molar-refractivity contribution in [2.24, 2.45) is 0 Å². The first-order valence-corrected chi connectivity index (χ1v) is 8.46. The fourth-order valence-electron chi connectivity index (χ4n) is 2.05. The van der Waals surface area contributed by atoms with E-state index in [9.17, 15) is 4.79 Å². The average molecular weight is 422 g/mol. The first-order valence-electron chi connectivity index (χ1n) is 7.97. The zero-order chi connectivity index (χ0) is 19.1. The lowest BCUT2D eigenvalue weighted by Gasteiger charge is -2.16. The monoisotopic (exact) mass is 420 g/mol. The molecule has 1 atom stereocenters. The van der Waals surface area contributed by atoms with Gasteiger partial charge in [-0.3, -0.25) is 4.79 Å². The van der Waals surface area contributed by atoms with Crippen LogP contribution in [0.2, 0.25) is 5.15 Å². The molecule has 0 bridgehead atoms. The fourth-order valence-corrected chi connectivity index (χ4v) is 3.67. The number of ether oxygens (including phenoxy) is 1. The summed E-state index contributed by atoms with van der Waals surface area (Å²) < 4.78 is 29.2. The predicted molar refractivity (Wildman–Crippen MR) is 91.7 cm³/mol. The van der Waals surface area contributed by atoms with E-state index in [2.05, 4.69) is 41.5 Å². The van der Waals surface area contributed by atoms with E-state index in [0.717, 1.165) is 11.3 Å². The van der Waals surface area contributed by atoms with Gasteiger partial charge in [-0.1, -0.05) is 22.9 Å². The summed E-state index contributed by atoms with van der Waals surface area (Å²) >= 11 is 10.4. The second kappa shape index (κ2) is 6.21. The van der Waals surface area contributed by atoms with E-state index in [1.807, 2.05) is 0 Å². The van der Waals surface area contributed by atoms with Gasteiger partial charge in [0.2, 0.25) is 17.7 Å². The molecule has 3 rings (SSSR count). The van der Waals surface area contributed by atoms with Crippen LogP contribution in [0, 0.1) is 0 Å². The molecule has 1 aliphatic rings. The Kier molecular flexibility index (Phi) is 3.49. The molecule has 1 fully saturated rings. The van der Waals surface area contributed by atoms with Crippen molar-refractivity contribution in [3.8, 4) is 5.88 Å². The van der Waals surface area contributed by atoms with Crippen molar-refractivity contribution in [1.82, 2.24) is 20.3 Å². The number of rotatable bonds is 4. The Morgan fingerprint density at radius 3 is 3.09 bits per heavy atom. The van der Waals surface area contributed by atoms with Gasteiger partial charge in [-0.2, -0.15) is 4.98 Å². The summed E-state index contributed by atoms with van der Waals surface area (Å²) in [4.78, 5) is 24.7. The number of amides is 1. The number of carbonyl (C=O) groups is 1. The lowest BCUT2D eigenvalue weighted by Crippen LogP contribution is -2.32. The van der Waals surface area contributed by atoms with E-state index in [4.69, 9.17) is 20.5 Å². The van der Waals surface area contributed by atoms with Crippen molar-refractivity contribution in [3.63, 3.8) is 0 Å². The molecule has 1 saturated heterocycles. The molecule has 23 heavy (non-hydrogen) atoms. The molecular formula is C13H13BrClN5O2S. The summed E-state index contributed by atoms with van der Waals surface area (Å²) in [6.45, 7) is -2.28. The van der Waals surface area contributed by atoms with Crippen LogP contribution in [0.4, 0.5) is 10.9 Å². The third kappa shape index (κ3) is 3.00. The molecule has 1 unspecified atom stereocenters. The lowest BCUT2D eigenvalue weighted by atomic mass is 9.90. The summed E-state index contributed by atoms with van der Waals surface area (Å²) in [5, 5.41) is 5.97. The molecule has 1 amide bonds. The number of halogens is 2. The number of aromatic nitrogens is 3. The largest absolute Gasteiger partial charge is 0.480 e. The normalized spacial score (nSPS) is 22.9. The Labute approximate surface area is 154 Å². The van der Waals surface area contributed by atoms with Crippen LogP contribution in [0.1, 0.15) is 22.4 Å². The SMILES string of the molecule is [2H]C([2H])([2H])C1(c2nc(Cl)c(Nc3ncc(Br)c(OC)n3)s2)CCNC1=O. The average Bonchev–Trinajstić information content (AvgIpc) is 3.12. The van der Waals surface area contributed by atoms with Crippen LogP contribution in [0.25, 0.3) is 0 Å². The summed E-state index contributed by atoms with van der Waals surface area (Å²) in [5.74, 6) is -0.0607. The van der Waals surface area contributed by atoms with Crippen LogP contribution in [0.3, 0.4) is 0 Å². The van der Waals surface area contributed by atoms with Crippen LogP contribution < -0.4 is 15.4 Å². The third-order valence-corrected chi connectivity index (χ3v) is 5.32.